The molecule has 3 aromatic carbocycles. The average molecular weight is 411 g/mol. The number of methoxy groups -OCH3 is 1. The SMILES string of the molecule is COC(=O)c1cc(OCc2ccccc2)ccc1NS(=O)(=O)c1ccc(C)cc1. The van der Waals surface area contributed by atoms with Crippen LogP contribution in [0, 0.1) is 6.92 Å². The lowest BCUT2D eigenvalue weighted by atomic mass is 10.1. The van der Waals surface area contributed by atoms with E-state index in [1.807, 2.05) is 37.3 Å². The molecule has 0 aliphatic heterocycles. The third-order valence-electron chi connectivity index (χ3n) is 4.22. The zero-order valence-corrected chi connectivity index (χ0v) is 16.9. The van der Waals surface area contributed by atoms with E-state index in [2.05, 4.69) is 4.72 Å². The van der Waals surface area contributed by atoms with Crippen LogP contribution in [0.3, 0.4) is 0 Å². The highest BCUT2D eigenvalue weighted by Gasteiger charge is 2.20. The highest BCUT2D eigenvalue weighted by Crippen LogP contribution is 2.26. The Morgan fingerprint density at radius 1 is 0.966 bits per heavy atom. The summed E-state index contributed by atoms with van der Waals surface area (Å²) in [6, 6.07) is 20.5. The van der Waals surface area contributed by atoms with Crippen LogP contribution in [-0.4, -0.2) is 21.5 Å². The number of hydrogen-bond acceptors (Lipinski definition) is 5. The van der Waals surface area contributed by atoms with E-state index < -0.39 is 16.0 Å². The molecule has 0 aliphatic carbocycles. The summed E-state index contributed by atoms with van der Waals surface area (Å²) in [5.41, 5.74) is 2.09. The zero-order chi connectivity index (χ0) is 20.9. The highest BCUT2D eigenvalue weighted by atomic mass is 32.2. The maximum absolute atomic E-state index is 12.7. The van der Waals surface area contributed by atoms with Gasteiger partial charge in [-0.25, -0.2) is 13.2 Å². The topological polar surface area (TPSA) is 81.7 Å². The summed E-state index contributed by atoms with van der Waals surface area (Å²) in [5.74, 6) is -0.246. The number of anilines is 1. The minimum Gasteiger partial charge on any atom is -0.489 e. The molecule has 0 fully saturated rings. The van der Waals surface area contributed by atoms with Gasteiger partial charge in [-0.2, -0.15) is 0 Å². The van der Waals surface area contributed by atoms with Gasteiger partial charge in [0.1, 0.15) is 12.4 Å². The van der Waals surface area contributed by atoms with Gasteiger partial charge in [-0.3, -0.25) is 4.72 Å². The summed E-state index contributed by atoms with van der Waals surface area (Å²) in [6.45, 7) is 2.18. The fraction of sp³-hybridized carbons (Fsp3) is 0.136. The van der Waals surface area contributed by atoms with Gasteiger partial charge < -0.3 is 9.47 Å². The van der Waals surface area contributed by atoms with E-state index in [1.165, 1.54) is 31.4 Å². The lowest BCUT2D eigenvalue weighted by Gasteiger charge is -2.14. The molecule has 1 N–H and O–H groups in total. The molecule has 0 saturated heterocycles. The first kappa shape index (κ1) is 20.4. The van der Waals surface area contributed by atoms with Crippen molar-refractivity contribution in [1.29, 1.82) is 0 Å². The van der Waals surface area contributed by atoms with Gasteiger partial charge in [-0.15, -0.1) is 0 Å². The lowest BCUT2D eigenvalue weighted by molar-refractivity contribution is 0.0601. The third-order valence-corrected chi connectivity index (χ3v) is 5.60. The smallest absolute Gasteiger partial charge is 0.340 e. The van der Waals surface area contributed by atoms with Crippen LogP contribution < -0.4 is 9.46 Å². The summed E-state index contributed by atoms with van der Waals surface area (Å²) in [7, 11) is -2.63. The minimum atomic E-state index is -3.86. The molecule has 6 nitrogen and oxygen atoms in total. The average Bonchev–Trinajstić information content (AvgIpc) is 2.73. The minimum absolute atomic E-state index is 0.0637. The molecule has 3 aromatic rings. The van der Waals surface area contributed by atoms with Crippen molar-refractivity contribution >= 4 is 21.7 Å². The first-order chi connectivity index (χ1) is 13.9. The Hall–Kier alpha value is -3.32. The van der Waals surface area contributed by atoms with Gasteiger partial charge in [-0.1, -0.05) is 48.0 Å². The number of nitrogens with one attached hydrogen (secondary N) is 1. The van der Waals surface area contributed by atoms with E-state index in [1.54, 1.807) is 18.2 Å². The van der Waals surface area contributed by atoms with Gasteiger partial charge in [0.05, 0.1) is 23.3 Å². The lowest BCUT2D eigenvalue weighted by Crippen LogP contribution is -2.16. The van der Waals surface area contributed by atoms with Crippen molar-refractivity contribution in [2.45, 2.75) is 18.4 Å². The fourth-order valence-corrected chi connectivity index (χ4v) is 3.72. The number of rotatable bonds is 7. The van der Waals surface area contributed by atoms with Crippen molar-refractivity contribution < 1.29 is 22.7 Å². The molecule has 7 heteroatoms. The summed E-state index contributed by atoms with van der Waals surface area (Å²) < 4.78 is 38.3. The molecule has 0 atom stereocenters. The van der Waals surface area contributed by atoms with E-state index in [4.69, 9.17) is 9.47 Å². The van der Waals surface area contributed by atoms with Crippen molar-refractivity contribution in [2.75, 3.05) is 11.8 Å². The number of hydrogen-bond donors (Lipinski definition) is 1. The number of ether oxygens (including phenoxy) is 2. The predicted molar refractivity (Wildman–Crippen MR) is 111 cm³/mol. The summed E-state index contributed by atoms with van der Waals surface area (Å²) in [6.07, 6.45) is 0. The van der Waals surface area contributed by atoms with Gasteiger partial charge >= 0.3 is 5.97 Å². The van der Waals surface area contributed by atoms with E-state index in [0.29, 0.717) is 12.4 Å². The predicted octanol–water partition coefficient (Wildman–Crippen LogP) is 4.16. The Morgan fingerprint density at radius 2 is 1.66 bits per heavy atom. The van der Waals surface area contributed by atoms with Crippen LogP contribution in [0.5, 0.6) is 5.75 Å². The normalized spacial score (nSPS) is 11.0. The molecule has 29 heavy (non-hydrogen) atoms. The van der Waals surface area contributed by atoms with Crippen molar-refractivity contribution in [3.05, 3.63) is 89.5 Å². The summed E-state index contributed by atoms with van der Waals surface area (Å²) in [4.78, 5) is 12.3. The van der Waals surface area contributed by atoms with Crippen LogP contribution in [0.1, 0.15) is 21.5 Å². The molecule has 150 valence electrons. The molecule has 0 unspecified atom stereocenters. The highest BCUT2D eigenvalue weighted by molar-refractivity contribution is 7.92. The molecular formula is C22H21NO5S. The van der Waals surface area contributed by atoms with Gasteiger partial charge in [0.2, 0.25) is 0 Å². The van der Waals surface area contributed by atoms with Gasteiger partial charge in [0, 0.05) is 0 Å². The van der Waals surface area contributed by atoms with E-state index >= 15 is 0 Å². The number of benzene rings is 3. The molecule has 0 heterocycles. The quantitative estimate of drug-likeness (QED) is 0.591. The second kappa shape index (κ2) is 8.79. The van der Waals surface area contributed by atoms with E-state index in [9.17, 15) is 13.2 Å². The number of carbonyl (C=O) groups is 1. The van der Waals surface area contributed by atoms with Gasteiger partial charge in [-0.05, 0) is 42.8 Å². The molecular weight excluding hydrogens is 390 g/mol. The van der Waals surface area contributed by atoms with Crippen LogP contribution in [0.4, 0.5) is 5.69 Å². The Balaban J connectivity index is 1.86. The zero-order valence-electron chi connectivity index (χ0n) is 16.1. The van der Waals surface area contributed by atoms with E-state index in [0.717, 1.165) is 11.1 Å². The molecule has 0 saturated carbocycles. The fourth-order valence-electron chi connectivity index (χ4n) is 2.64. The Morgan fingerprint density at radius 3 is 2.31 bits per heavy atom. The van der Waals surface area contributed by atoms with Gasteiger partial charge in [0.25, 0.3) is 10.0 Å². The first-order valence-corrected chi connectivity index (χ1v) is 10.4. The standard InChI is InChI=1S/C22H21NO5S/c1-16-8-11-19(12-9-16)29(25,26)23-21-13-10-18(14-20(21)22(24)27-2)28-15-17-6-4-3-5-7-17/h3-14,23H,15H2,1-2H3. The molecule has 3 rings (SSSR count). The maximum Gasteiger partial charge on any atom is 0.340 e. The first-order valence-electron chi connectivity index (χ1n) is 8.87. The molecule has 0 radical (unpaired) electrons. The van der Waals surface area contributed by atoms with E-state index in [-0.39, 0.29) is 16.1 Å². The van der Waals surface area contributed by atoms with Crippen molar-refractivity contribution in [3.63, 3.8) is 0 Å². The van der Waals surface area contributed by atoms with Crippen LogP contribution >= 0.6 is 0 Å². The van der Waals surface area contributed by atoms with Crippen LogP contribution in [0.15, 0.2) is 77.7 Å². The third kappa shape index (κ3) is 5.14. The molecule has 0 spiro atoms. The maximum atomic E-state index is 12.7. The number of aryl methyl sites for hydroxylation is 1. The van der Waals surface area contributed by atoms with Gasteiger partial charge in [0.15, 0.2) is 0 Å². The molecule has 0 amide bonds. The molecule has 0 aliphatic rings. The van der Waals surface area contributed by atoms with Crippen LogP contribution in [-0.2, 0) is 21.4 Å². The second-order valence-corrected chi connectivity index (χ2v) is 8.07. The van der Waals surface area contributed by atoms with Crippen LogP contribution in [0.25, 0.3) is 0 Å². The van der Waals surface area contributed by atoms with Crippen LogP contribution in [0.2, 0.25) is 0 Å². The number of esters is 1. The molecule has 0 bridgehead atoms. The second-order valence-electron chi connectivity index (χ2n) is 6.39. The Bertz CT molecular complexity index is 1090. The molecule has 0 aromatic heterocycles. The van der Waals surface area contributed by atoms with Crippen molar-refractivity contribution in [2.24, 2.45) is 0 Å². The number of sulfonamides is 1. The van der Waals surface area contributed by atoms with Crippen molar-refractivity contribution in [1.82, 2.24) is 0 Å². The van der Waals surface area contributed by atoms with Crippen molar-refractivity contribution in [3.8, 4) is 5.75 Å². The monoisotopic (exact) mass is 411 g/mol. The Kier molecular flexibility index (Phi) is 6.19. The summed E-state index contributed by atoms with van der Waals surface area (Å²) >= 11 is 0. The number of carbonyl (C=O) groups excluding carboxylic acids is 1. The summed E-state index contributed by atoms with van der Waals surface area (Å²) in [5, 5.41) is 0. The largest absolute Gasteiger partial charge is 0.489 e. The Labute approximate surface area is 170 Å².